The molecule has 1 aliphatic heterocycles. The van der Waals surface area contributed by atoms with Crippen LogP contribution in [0.3, 0.4) is 0 Å². The molecule has 1 atom stereocenters. The molecule has 8 nitrogen and oxygen atoms in total. The van der Waals surface area contributed by atoms with Crippen LogP contribution in [0.1, 0.15) is 23.9 Å². The maximum Gasteiger partial charge on any atom is 0.312 e. The molecule has 1 aromatic carbocycles. The molecule has 0 radical (unpaired) electrons. The van der Waals surface area contributed by atoms with E-state index in [2.05, 4.69) is 10.00 Å². The summed E-state index contributed by atoms with van der Waals surface area (Å²) in [5.41, 5.74) is 1.48. The number of halogens is 1. The van der Waals surface area contributed by atoms with Crippen molar-refractivity contribution in [3.63, 3.8) is 0 Å². The van der Waals surface area contributed by atoms with Gasteiger partial charge in [0.2, 0.25) is 5.91 Å². The van der Waals surface area contributed by atoms with Gasteiger partial charge in [0.05, 0.1) is 17.4 Å². The SMILES string of the molecule is Cc1nn(CC(C)C(=O)N2CCN(Cc3ccccc3F)CC2)c(C)c1[N+](=O)[O-]. The lowest BCUT2D eigenvalue weighted by atomic mass is 10.1. The van der Waals surface area contributed by atoms with Crippen molar-refractivity contribution in [1.82, 2.24) is 19.6 Å². The lowest BCUT2D eigenvalue weighted by molar-refractivity contribution is -0.386. The van der Waals surface area contributed by atoms with E-state index in [9.17, 15) is 19.3 Å². The van der Waals surface area contributed by atoms with Gasteiger partial charge in [0.1, 0.15) is 17.2 Å². The van der Waals surface area contributed by atoms with Crippen LogP contribution in [0.25, 0.3) is 0 Å². The third kappa shape index (κ3) is 4.61. The van der Waals surface area contributed by atoms with Crippen LogP contribution in [0, 0.1) is 35.7 Å². The number of benzene rings is 1. The second kappa shape index (κ2) is 8.69. The molecule has 2 heterocycles. The van der Waals surface area contributed by atoms with E-state index in [0.29, 0.717) is 56.2 Å². The minimum Gasteiger partial charge on any atom is -0.340 e. The fourth-order valence-electron chi connectivity index (χ4n) is 3.77. The molecular weight excluding hydrogens is 377 g/mol. The first-order valence-corrected chi connectivity index (χ1v) is 9.71. The number of hydrogen-bond donors (Lipinski definition) is 0. The Morgan fingerprint density at radius 1 is 1.24 bits per heavy atom. The van der Waals surface area contributed by atoms with Crippen LogP contribution in [0.2, 0.25) is 0 Å². The largest absolute Gasteiger partial charge is 0.340 e. The molecule has 1 aromatic heterocycles. The highest BCUT2D eigenvalue weighted by atomic mass is 19.1. The highest BCUT2D eigenvalue weighted by Crippen LogP contribution is 2.23. The van der Waals surface area contributed by atoms with Crippen LogP contribution in [0.5, 0.6) is 0 Å². The Morgan fingerprint density at radius 2 is 1.90 bits per heavy atom. The topological polar surface area (TPSA) is 84.5 Å². The molecule has 0 bridgehead atoms. The Bertz CT molecular complexity index is 906. The molecule has 9 heteroatoms. The average molecular weight is 403 g/mol. The van der Waals surface area contributed by atoms with E-state index >= 15 is 0 Å². The maximum atomic E-state index is 13.8. The van der Waals surface area contributed by atoms with E-state index in [-0.39, 0.29) is 23.3 Å². The number of rotatable bonds is 6. The lowest BCUT2D eigenvalue weighted by Crippen LogP contribution is -2.50. The van der Waals surface area contributed by atoms with Crippen molar-refractivity contribution < 1.29 is 14.1 Å². The van der Waals surface area contributed by atoms with E-state index in [1.807, 2.05) is 17.9 Å². The Kier molecular flexibility index (Phi) is 6.26. The first-order chi connectivity index (χ1) is 13.8. The number of nitrogens with zero attached hydrogens (tertiary/aromatic N) is 5. The number of nitro groups is 1. The minimum atomic E-state index is -0.435. The third-order valence-electron chi connectivity index (χ3n) is 5.43. The molecule has 0 saturated carbocycles. The van der Waals surface area contributed by atoms with E-state index in [1.54, 1.807) is 30.7 Å². The Balaban J connectivity index is 1.56. The zero-order valence-corrected chi connectivity index (χ0v) is 17.0. The van der Waals surface area contributed by atoms with Gasteiger partial charge in [-0.1, -0.05) is 25.1 Å². The zero-order chi connectivity index (χ0) is 21.1. The van der Waals surface area contributed by atoms with Crippen molar-refractivity contribution in [2.75, 3.05) is 26.2 Å². The van der Waals surface area contributed by atoms with Gasteiger partial charge in [0.15, 0.2) is 0 Å². The fraction of sp³-hybridized carbons (Fsp3) is 0.500. The van der Waals surface area contributed by atoms with Crippen molar-refractivity contribution in [1.29, 1.82) is 0 Å². The van der Waals surface area contributed by atoms with Gasteiger partial charge in [0.25, 0.3) is 0 Å². The predicted molar refractivity (Wildman–Crippen MR) is 106 cm³/mol. The highest BCUT2D eigenvalue weighted by molar-refractivity contribution is 5.78. The van der Waals surface area contributed by atoms with Gasteiger partial charge in [0, 0.05) is 38.3 Å². The van der Waals surface area contributed by atoms with Gasteiger partial charge in [-0.25, -0.2) is 4.39 Å². The maximum absolute atomic E-state index is 13.8. The van der Waals surface area contributed by atoms with Gasteiger partial charge in [-0.15, -0.1) is 0 Å². The smallest absolute Gasteiger partial charge is 0.312 e. The normalized spacial score (nSPS) is 16.1. The number of carbonyl (C=O) groups is 1. The van der Waals surface area contributed by atoms with Crippen molar-refractivity contribution in [2.24, 2.45) is 5.92 Å². The number of amides is 1. The molecule has 3 rings (SSSR count). The standard InChI is InChI=1S/C20H26FN5O3/c1-14(12-25-16(3)19(26(28)29)15(2)22-25)20(27)24-10-8-23(9-11-24)13-17-6-4-5-7-18(17)21/h4-7,14H,8-13H2,1-3H3. The van der Waals surface area contributed by atoms with Crippen LogP contribution in [0.15, 0.2) is 24.3 Å². The Hall–Kier alpha value is -2.81. The molecule has 1 unspecified atom stereocenters. The van der Waals surface area contributed by atoms with Crippen molar-refractivity contribution in [3.8, 4) is 0 Å². The first kappa shape index (κ1) is 20.9. The van der Waals surface area contributed by atoms with E-state index in [1.165, 1.54) is 6.07 Å². The van der Waals surface area contributed by atoms with Gasteiger partial charge in [-0.2, -0.15) is 5.10 Å². The lowest BCUT2D eigenvalue weighted by Gasteiger charge is -2.36. The fourth-order valence-corrected chi connectivity index (χ4v) is 3.77. The van der Waals surface area contributed by atoms with Crippen molar-refractivity contribution in [3.05, 3.63) is 57.1 Å². The Labute approximate surface area is 169 Å². The van der Waals surface area contributed by atoms with E-state index in [4.69, 9.17) is 0 Å². The molecule has 1 aliphatic rings. The minimum absolute atomic E-state index is 0.00532. The molecule has 0 aliphatic carbocycles. The highest BCUT2D eigenvalue weighted by Gasteiger charge is 2.28. The molecule has 29 heavy (non-hydrogen) atoms. The van der Waals surface area contributed by atoms with Crippen LogP contribution < -0.4 is 0 Å². The molecule has 156 valence electrons. The summed E-state index contributed by atoms with van der Waals surface area (Å²) >= 11 is 0. The monoisotopic (exact) mass is 403 g/mol. The molecule has 2 aromatic rings. The number of hydrogen-bond acceptors (Lipinski definition) is 5. The van der Waals surface area contributed by atoms with Crippen LogP contribution in [-0.4, -0.2) is 56.6 Å². The van der Waals surface area contributed by atoms with Gasteiger partial charge < -0.3 is 4.90 Å². The summed E-state index contributed by atoms with van der Waals surface area (Å²) in [7, 11) is 0. The average Bonchev–Trinajstić information content (AvgIpc) is 2.96. The number of carbonyl (C=O) groups excluding carboxylic acids is 1. The Morgan fingerprint density at radius 3 is 2.48 bits per heavy atom. The number of aromatic nitrogens is 2. The summed E-state index contributed by atoms with van der Waals surface area (Å²) < 4.78 is 15.4. The number of aryl methyl sites for hydroxylation is 1. The number of piperazine rings is 1. The second-order valence-electron chi connectivity index (χ2n) is 7.55. The van der Waals surface area contributed by atoms with Crippen molar-refractivity contribution >= 4 is 11.6 Å². The third-order valence-corrected chi connectivity index (χ3v) is 5.43. The molecule has 1 amide bonds. The summed E-state index contributed by atoms with van der Waals surface area (Å²) in [6.07, 6.45) is 0. The summed E-state index contributed by atoms with van der Waals surface area (Å²) in [6.45, 7) is 8.41. The van der Waals surface area contributed by atoms with Crippen LogP contribution >= 0.6 is 0 Å². The summed E-state index contributed by atoms with van der Waals surface area (Å²) in [5.74, 6) is -0.546. The molecule has 1 fully saturated rings. The van der Waals surface area contributed by atoms with Crippen LogP contribution in [-0.2, 0) is 17.9 Å². The zero-order valence-electron chi connectivity index (χ0n) is 17.0. The second-order valence-corrected chi connectivity index (χ2v) is 7.55. The first-order valence-electron chi connectivity index (χ1n) is 9.71. The quantitative estimate of drug-likeness (QED) is 0.547. The molecule has 0 spiro atoms. The van der Waals surface area contributed by atoms with Crippen molar-refractivity contribution in [2.45, 2.75) is 33.9 Å². The summed E-state index contributed by atoms with van der Waals surface area (Å²) in [5, 5.41) is 15.4. The van der Waals surface area contributed by atoms with Crippen LogP contribution in [0.4, 0.5) is 10.1 Å². The molecule has 0 N–H and O–H groups in total. The van der Waals surface area contributed by atoms with Gasteiger partial charge in [-0.3, -0.25) is 24.5 Å². The van der Waals surface area contributed by atoms with E-state index in [0.717, 1.165) is 0 Å². The summed E-state index contributed by atoms with van der Waals surface area (Å²) in [4.78, 5) is 27.5. The van der Waals surface area contributed by atoms with E-state index < -0.39 is 4.92 Å². The predicted octanol–water partition coefficient (Wildman–Crippen LogP) is 2.53. The molecular formula is C20H26FN5O3. The van der Waals surface area contributed by atoms with Gasteiger partial charge in [-0.05, 0) is 19.9 Å². The van der Waals surface area contributed by atoms with Gasteiger partial charge >= 0.3 is 5.69 Å². The molecule has 1 saturated heterocycles. The summed E-state index contributed by atoms with van der Waals surface area (Å²) in [6, 6.07) is 6.74.